The molecule has 0 amide bonds. The minimum atomic E-state index is -0.599. The lowest BCUT2D eigenvalue weighted by Crippen LogP contribution is -2.27. The van der Waals surface area contributed by atoms with Crippen LogP contribution in [-0.2, 0) is 6.54 Å². The first kappa shape index (κ1) is 16.5. The van der Waals surface area contributed by atoms with Crippen LogP contribution in [0.3, 0.4) is 0 Å². The van der Waals surface area contributed by atoms with Crippen molar-refractivity contribution in [3.05, 3.63) is 41.9 Å². The van der Waals surface area contributed by atoms with E-state index in [2.05, 4.69) is 20.3 Å². The maximum atomic E-state index is 13.7. The van der Waals surface area contributed by atoms with Gasteiger partial charge in [0, 0.05) is 51.5 Å². The van der Waals surface area contributed by atoms with Crippen molar-refractivity contribution in [3.63, 3.8) is 0 Å². The topological polar surface area (TPSA) is 57.2 Å². The van der Waals surface area contributed by atoms with Gasteiger partial charge in [0.1, 0.15) is 17.5 Å². The average molecular weight is 334 g/mol. The van der Waals surface area contributed by atoms with E-state index in [1.807, 2.05) is 30.0 Å². The van der Waals surface area contributed by atoms with Crippen LogP contribution in [0.4, 0.5) is 20.5 Å². The van der Waals surface area contributed by atoms with Crippen LogP contribution in [0, 0.1) is 11.6 Å². The smallest absolute Gasteiger partial charge is 0.226 e. The third kappa shape index (κ3) is 3.76. The summed E-state index contributed by atoms with van der Waals surface area (Å²) in [6, 6.07) is 2.00. The van der Waals surface area contributed by atoms with E-state index in [9.17, 15) is 8.78 Å². The van der Waals surface area contributed by atoms with Crippen LogP contribution in [-0.4, -0.2) is 53.1 Å². The van der Waals surface area contributed by atoms with Crippen LogP contribution >= 0.6 is 0 Å². The first-order chi connectivity index (χ1) is 11.5. The van der Waals surface area contributed by atoms with Crippen molar-refractivity contribution in [1.82, 2.24) is 19.9 Å². The van der Waals surface area contributed by atoms with Crippen molar-refractivity contribution in [3.8, 4) is 0 Å². The lowest BCUT2D eigenvalue weighted by Gasteiger charge is -2.18. The molecule has 6 nitrogen and oxygen atoms in total. The molecule has 1 N–H and O–H groups in total. The van der Waals surface area contributed by atoms with E-state index < -0.39 is 11.6 Å². The molecule has 0 bridgehead atoms. The summed E-state index contributed by atoms with van der Waals surface area (Å²) < 4.78 is 27.4. The third-order valence-electron chi connectivity index (χ3n) is 4.00. The predicted octanol–water partition coefficient (Wildman–Crippen LogP) is 1.90. The number of nitrogens with one attached hydrogen (secondary N) is 1. The first-order valence-corrected chi connectivity index (χ1v) is 7.80. The molecule has 24 heavy (non-hydrogen) atoms. The molecule has 3 heterocycles. The minimum Gasteiger partial charge on any atom is -0.366 e. The van der Waals surface area contributed by atoms with E-state index in [1.165, 1.54) is 0 Å². The lowest BCUT2D eigenvalue weighted by atomic mass is 10.2. The van der Waals surface area contributed by atoms with E-state index >= 15 is 0 Å². The molecule has 0 radical (unpaired) electrons. The van der Waals surface area contributed by atoms with Gasteiger partial charge in [0.05, 0.1) is 12.4 Å². The molecule has 8 heteroatoms. The molecule has 1 fully saturated rings. The second-order valence-corrected chi connectivity index (χ2v) is 6.08. The quantitative estimate of drug-likeness (QED) is 0.901. The van der Waals surface area contributed by atoms with Crippen molar-refractivity contribution < 1.29 is 8.78 Å². The Morgan fingerprint density at radius 3 is 2.75 bits per heavy atom. The van der Waals surface area contributed by atoms with Crippen molar-refractivity contribution in [2.75, 3.05) is 37.4 Å². The molecule has 0 spiro atoms. The fourth-order valence-corrected chi connectivity index (χ4v) is 2.76. The number of anilines is 2. The second-order valence-electron chi connectivity index (χ2n) is 6.08. The summed E-state index contributed by atoms with van der Waals surface area (Å²) in [7, 11) is 3.77. The van der Waals surface area contributed by atoms with Gasteiger partial charge >= 0.3 is 0 Å². The molecule has 0 saturated carbocycles. The highest BCUT2D eigenvalue weighted by Gasteiger charge is 2.24. The molecule has 1 aliphatic heterocycles. The summed E-state index contributed by atoms with van der Waals surface area (Å²) in [5, 5.41) is 3.36. The molecule has 128 valence electrons. The number of pyridine rings is 1. The number of halogens is 2. The summed E-state index contributed by atoms with van der Waals surface area (Å²) in [6.07, 6.45) is 4.69. The number of likely N-dealkylation sites (tertiary alicyclic amines) is 1. The molecule has 3 rings (SSSR count). The summed E-state index contributed by atoms with van der Waals surface area (Å²) in [6.45, 7) is 1.71. The van der Waals surface area contributed by atoms with Crippen molar-refractivity contribution in [1.29, 1.82) is 0 Å². The summed E-state index contributed by atoms with van der Waals surface area (Å²) in [5.41, 5.74) is 0.0718. The fraction of sp³-hybridized carbons (Fsp3) is 0.438. The number of hydrogen-bond acceptors (Lipinski definition) is 6. The summed E-state index contributed by atoms with van der Waals surface area (Å²) in [4.78, 5) is 16.0. The Morgan fingerprint density at radius 1 is 1.29 bits per heavy atom. The molecule has 1 aliphatic rings. The molecule has 1 saturated heterocycles. The van der Waals surface area contributed by atoms with Crippen LogP contribution in [0.25, 0.3) is 0 Å². The lowest BCUT2D eigenvalue weighted by molar-refractivity contribution is 0.315. The number of rotatable bonds is 5. The Hall–Kier alpha value is -2.35. The Balaban J connectivity index is 1.61. The van der Waals surface area contributed by atoms with Crippen molar-refractivity contribution in [2.45, 2.75) is 19.0 Å². The summed E-state index contributed by atoms with van der Waals surface area (Å²) in [5.74, 6) is 0.188. The maximum absolute atomic E-state index is 13.7. The highest BCUT2D eigenvalue weighted by molar-refractivity contribution is 5.41. The minimum absolute atomic E-state index is 0.0718. The van der Waals surface area contributed by atoms with Gasteiger partial charge in [-0.1, -0.05) is 0 Å². The van der Waals surface area contributed by atoms with E-state index in [0.29, 0.717) is 12.5 Å². The first-order valence-electron chi connectivity index (χ1n) is 7.80. The Morgan fingerprint density at radius 2 is 2.04 bits per heavy atom. The van der Waals surface area contributed by atoms with Gasteiger partial charge in [0.2, 0.25) is 5.95 Å². The van der Waals surface area contributed by atoms with E-state index in [4.69, 9.17) is 0 Å². The van der Waals surface area contributed by atoms with E-state index in [0.717, 1.165) is 31.2 Å². The highest BCUT2D eigenvalue weighted by Crippen LogP contribution is 2.20. The van der Waals surface area contributed by atoms with E-state index in [-0.39, 0.29) is 18.2 Å². The van der Waals surface area contributed by atoms with Gasteiger partial charge in [0.15, 0.2) is 0 Å². The van der Waals surface area contributed by atoms with Gasteiger partial charge in [-0.25, -0.2) is 13.8 Å². The summed E-state index contributed by atoms with van der Waals surface area (Å²) >= 11 is 0. The monoisotopic (exact) mass is 334 g/mol. The third-order valence-corrected chi connectivity index (χ3v) is 4.00. The number of nitrogens with zero attached hydrogens (tertiary/aromatic N) is 5. The predicted molar refractivity (Wildman–Crippen MR) is 87.8 cm³/mol. The van der Waals surface area contributed by atoms with Gasteiger partial charge in [-0.2, -0.15) is 4.98 Å². The van der Waals surface area contributed by atoms with Gasteiger partial charge < -0.3 is 10.2 Å². The molecular weight excluding hydrogens is 314 g/mol. The maximum Gasteiger partial charge on any atom is 0.226 e. The number of hydrogen-bond donors (Lipinski definition) is 1. The zero-order valence-corrected chi connectivity index (χ0v) is 13.7. The fourth-order valence-electron chi connectivity index (χ4n) is 2.76. The number of aromatic nitrogens is 3. The standard InChI is InChI=1S/C16H20F2N6/c1-23(2)16-20-5-3-15(22-16)21-11-4-6-24(9-11)10-12-13(17)7-19-8-14(12)18/h3,5,7-8,11H,4,6,9-10H2,1-2H3,(H,20,21,22). The van der Waals surface area contributed by atoms with Gasteiger partial charge in [-0.3, -0.25) is 9.88 Å². The largest absolute Gasteiger partial charge is 0.366 e. The second kappa shape index (κ2) is 7.04. The van der Waals surface area contributed by atoms with Crippen molar-refractivity contribution in [2.24, 2.45) is 0 Å². The van der Waals surface area contributed by atoms with E-state index in [1.54, 1.807) is 6.20 Å². The molecule has 1 unspecified atom stereocenters. The van der Waals surface area contributed by atoms with Crippen LogP contribution in [0.2, 0.25) is 0 Å². The molecule has 2 aromatic heterocycles. The SMILES string of the molecule is CN(C)c1nccc(NC2CCN(Cc3c(F)cncc3F)C2)n1. The Labute approximate surface area is 139 Å². The van der Waals surface area contributed by atoms with Gasteiger partial charge in [-0.05, 0) is 12.5 Å². The van der Waals surface area contributed by atoms with Crippen LogP contribution in [0.5, 0.6) is 0 Å². The van der Waals surface area contributed by atoms with Gasteiger partial charge in [0.25, 0.3) is 0 Å². The molecule has 1 atom stereocenters. The molecule has 0 aliphatic carbocycles. The van der Waals surface area contributed by atoms with Crippen LogP contribution in [0.15, 0.2) is 24.7 Å². The van der Waals surface area contributed by atoms with Gasteiger partial charge in [-0.15, -0.1) is 0 Å². The highest BCUT2D eigenvalue weighted by atomic mass is 19.1. The normalized spacial score (nSPS) is 17.9. The molecule has 0 aromatic carbocycles. The van der Waals surface area contributed by atoms with Crippen LogP contribution in [0.1, 0.15) is 12.0 Å². The zero-order valence-electron chi connectivity index (χ0n) is 13.7. The van der Waals surface area contributed by atoms with Crippen molar-refractivity contribution >= 4 is 11.8 Å². The Bertz CT molecular complexity index is 688. The molecular formula is C16H20F2N6. The Kier molecular flexibility index (Phi) is 4.84. The average Bonchev–Trinajstić information content (AvgIpc) is 2.98. The molecule has 2 aromatic rings. The zero-order chi connectivity index (χ0) is 17.1. The van der Waals surface area contributed by atoms with Crippen LogP contribution < -0.4 is 10.2 Å².